The van der Waals surface area contributed by atoms with Crippen molar-refractivity contribution in [2.24, 2.45) is 0 Å². The average Bonchev–Trinajstić information content (AvgIpc) is 2.30. The maximum atomic E-state index is 10.7. The summed E-state index contributed by atoms with van der Waals surface area (Å²) in [6, 6.07) is 0. The molecule has 0 atom stereocenters. The fraction of sp³-hybridized carbons (Fsp3) is 0.545. The fourth-order valence-corrected chi connectivity index (χ4v) is 2.08. The molecule has 0 unspecified atom stereocenters. The van der Waals surface area contributed by atoms with E-state index in [1.165, 1.54) is 25.5 Å². The van der Waals surface area contributed by atoms with Crippen LogP contribution in [-0.2, 0) is 0 Å². The maximum absolute atomic E-state index is 10.7. The van der Waals surface area contributed by atoms with Crippen molar-refractivity contribution in [1.29, 1.82) is 0 Å². The van der Waals surface area contributed by atoms with Gasteiger partial charge in [-0.15, -0.1) is 0 Å². The number of carboxylic acid groups (broad SMARTS) is 1. The molecule has 80 valence electrons. The zero-order valence-electron chi connectivity index (χ0n) is 8.52. The summed E-state index contributed by atoms with van der Waals surface area (Å²) in [5.41, 5.74) is 0.896. The van der Waals surface area contributed by atoms with Crippen LogP contribution in [0.15, 0.2) is 12.4 Å². The van der Waals surface area contributed by atoms with Gasteiger partial charge in [-0.25, -0.2) is 9.78 Å². The van der Waals surface area contributed by atoms with Crippen molar-refractivity contribution in [2.75, 3.05) is 0 Å². The van der Waals surface area contributed by atoms with Crippen molar-refractivity contribution in [2.45, 2.75) is 38.0 Å². The summed E-state index contributed by atoms with van der Waals surface area (Å²) in [6.07, 6.45) is 8.92. The van der Waals surface area contributed by atoms with Gasteiger partial charge in [0.15, 0.2) is 5.69 Å². The monoisotopic (exact) mass is 206 g/mol. The fourth-order valence-electron chi connectivity index (χ4n) is 2.08. The van der Waals surface area contributed by atoms with E-state index in [0.29, 0.717) is 5.92 Å². The van der Waals surface area contributed by atoms with Crippen LogP contribution in [0.2, 0.25) is 0 Å². The molecular formula is C11H14N2O2. The van der Waals surface area contributed by atoms with Gasteiger partial charge in [-0.2, -0.15) is 0 Å². The Morgan fingerprint density at radius 3 is 2.67 bits per heavy atom. The van der Waals surface area contributed by atoms with Crippen LogP contribution in [0.25, 0.3) is 0 Å². The second kappa shape index (κ2) is 4.38. The quantitative estimate of drug-likeness (QED) is 0.805. The maximum Gasteiger partial charge on any atom is 0.356 e. The lowest BCUT2D eigenvalue weighted by Gasteiger charge is -2.20. The summed E-state index contributed by atoms with van der Waals surface area (Å²) < 4.78 is 0. The summed E-state index contributed by atoms with van der Waals surface area (Å²) in [5, 5.41) is 8.81. The van der Waals surface area contributed by atoms with Crippen molar-refractivity contribution < 1.29 is 9.90 Å². The molecule has 2 rings (SSSR count). The molecule has 1 aliphatic carbocycles. The van der Waals surface area contributed by atoms with Gasteiger partial charge in [0, 0.05) is 12.1 Å². The molecule has 1 aromatic heterocycles. The van der Waals surface area contributed by atoms with Crippen molar-refractivity contribution in [3.8, 4) is 0 Å². The second-order valence-corrected chi connectivity index (χ2v) is 3.97. The van der Waals surface area contributed by atoms with Crippen LogP contribution in [0.1, 0.15) is 54.2 Å². The molecule has 1 saturated carbocycles. The van der Waals surface area contributed by atoms with Crippen LogP contribution in [0.3, 0.4) is 0 Å². The highest BCUT2D eigenvalue weighted by molar-refractivity contribution is 5.84. The molecule has 1 heterocycles. The molecule has 1 N–H and O–H groups in total. The van der Waals surface area contributed by atoms with Crippen LogP contribution in [0.4, 0.5) is 0 Å². The van der Waals surface area contributed by atoms with Crippen molar-refractivity contribution in [3.63, 3.8) is 0 Å². The highest BCUT2D eigenvalue weighted by Gasteiger charge is 2.18. The number of hydrogen-bond acceptors (Lipinski definition) is 3. The third-order valence-corrected chi connectivity index (χ3v) is 2.90. The molecular weight excluding hydrogens is 192 g/mol. The Labute approximate surface area is 88.4 Å². The summed E-state index contributed by atoms with van der Waals surface area (Å²) >= 11 is 0. The highest BCUT2D eigenvalue weighted by atomic mass is 16.4. The molecule has 0 bridgehead atoms. The molecule has 4 heteroatoms. The Balaban J connectivity index is 2.19. The molecule has 0 radical (unpaired) electrons. The molecule has 1 fully saturated rings. The molecule has 0 saturated heterocycles. The predicted octanol–water partition coefficient (Wildman–Crippen LogP) is 2.22. The van der Waals surface area contributed by atoms with E-state index < -0.39 is 5.97 Å². The second-order valence-electron chi connectivity index (χ2n) is 3.97. The van der Waals surface area contributed by atoms with E-state index in [0.717, 1.165) is 18.5 Å². The van der Waals surface area contributed by atoms with Gasteiger partial charge in [-0.05, 0) is 12.8 Å². The first-order valence-electron chi connectivity index (χ1n) is 5.32. The number of hydrogen-bond donors (Lipinski definition) is 1. The number of nitrogens with zero attached hydrogens (tertiary/aromatic N) is 2. The Bertz CT molecular complexity index is 359. The van der Waals surface area contributed by atoms with Crippen LogP contribution >= 0.6 is 0 Å². The third kappa shape index (κ3) is 2.32. The van der Waals surface area contributed by atoms with Gasteiger partial charge in [0.25, 0.3) is 0 Å². The van der Waals surface area contributed by atoms with Gasteiger partial charge < -0.3 is 5.11 Å². The van der Waals surface area contributed by atoms with Gasteiger partial charge in [0.1, 0.15) is 0 Å². The molecule has 0 spiro atoms. The predicted molar refractivity (Wildman–Crippen MR) is 54.8 cm³/mol. The van der Waals surface area contributed by atoms with Gasteiger partial charge in [-0.1, -0.05) is 19.3 Å². The minimum atomic E-state index is -1.000. The zero-order chi connectivity index (χ0) is 10.7. The van der Waals surface area contributed by atoms with Gasteiger partial charge in [-0.3, -0.25) is 4.98 Å². The normalized spacial score (nSPS) is 17.6. The topological polar surface area (TPSA) is 63.1 Å². The first-order valence-corrected chi connectivity index (χ1v) is 5.32. The van der Waals surface area contributed by atoms with E-state index in [2.05, 4.69) is 9.97 Å². The third-order valence-electron chi connectivity index (χ3n) is 2.90. The number of aromatic nitrogens is 2. The lowest BCUT2D eigenvalue weighted by molar-refractivity contribution is 0.0689. The van der Waals surface area contributed by atoms with Gasteiger partial charge in [0.05, 0.1) is 11.9 Å². The van der Waals surface area contributed by atoms with Crippen LogP contribution in [0, 0.1) is 0 Å². The lowest BCUT2D eigenvalue weighted by Crippen LogP contribution is -2.10. The molecule has 1 aromatic rings. The summed E-state index contributed by atoms with van der Waals surface area (Å²) in [4.78, 5) is 18.8. The molecule has 4 nitrogen and oxygen atoms in total. The number of carbonyl (C=O) groups is 1. The van der Waals surface area contributed by atoms with Crippen LogP contribution < -0.4 is 0 Å². The van der Waals surface area contributed by atoms with E-state index in [9.17, 15) is 4.79 Å². The van der Waals surface area contributed by atoms with E-state index in [-0.39, 0.29) is 5.69 Å². The van der Waals surface area contributed by atoms with Crippen LogP contribution in [-0.4, -0.2) is 21.0 Å². The molecule has 0 aromatic carbocycles. The Morgan fingerprint density at radius 2 is 2.00 bits per heavy atom. The zero-order valence-corrected chi connectivity index (χ0v) is 8.52. The van der Waals surface area contributed by atoms with E-state index >= 15 is 0 Å². The number of carboxylic acids is 1. The van der Waals surface area contributed by atoms with E-state index in [1.807, 2.05) is 0 Å². The SMILES string of the molecule is O=C(O)c1cncc(C2CCCCC2)n1. The summed E-state index contributed by atoms with van der Waals surface area (Å²) in [6.45, 7) is 0. The van der Waals surface area contributed by atoms with Gasteiger partial charge >= 0.3 is 5.97 Å². The average molecular weight is 206 g/mol. The van der Waals surface area contributed by atoms with E-state index in [1.54, 1.807) is 6.20 Å². The van der Waals surface area contributed by atoms with Crippen molar-refractivity contribution >= 4 is 5.97 Å². The molecule has 15 heavy (non-hydrogen) atoms. The first kappa shape index (κ1) is 10.1. The minimum Gasteiger partial charge on any atom is -0.476 e. The Morgan fingerprint density at radius 1 is 1.27 bits per heavy atom. The van der Waals surface area contributed by atoms with Crippen LogP contribution in [0.5, 0.6) is 0 Å². The van der Waals surface area contributed by atoms with Crippen molar-refractivity contribution in [1.82, 2.24) is 9.97 Å². The highest BCUT2D eigenvalue weighted by Crippen LogP contribution is 2.31. The molecule has 0 amide bonds. The summed E-state index contributed by atoms with van der Waals surface area (Å²) in [7, 11) is 0. The Kier molecular flexibility index (Phi) is 2.94. The largest absolute Gasteiger partial charge is 0.476 e. The lowest BCUT2D eigenvalue weighted by atomic mass is 9.87. The minimum absolute atomic E-state index is 0.0538. The smallest absolute Gasteiger partial charge is 0.356 e. The molecule has 0 aliphatic heterocycles. The van der Waals surface area contributed by atoms with E-state index in [4.69, 9.17) is 5.11 Å². The standard InChI is InChI=1S/C11H14N2O2/c14-11(15)10-7-12-6-9(13-10)8-4-2-1-3-5-8/h6-8H,1-5H2,(H,14,15). The van der Waals surface area contributed by atoms with Gasteiger partial charge in [0.2, 0.25) is 0 Å². The Hall–Kier alpha value is -1.45. The first-order chi connectivity index (χ1) is 7.27. The number of rotatable bonds is 2. The van der Waals surface area contributed by atoms with Crippen molar-refractivity contribution in [3.05, 3.63) is 23.8 Å². The summed E-state index contributed by atoms with van der Waals surface area (Å²) in [5.74, 6) is -0.592. The molecule has 1 aliphatic rings. The number of aromatic carboxylic acids is 1.